The number of hydrogen-bond acceptors (Lipinski definition) is 2. The van der Waals surface area contributed by atoms with Crippen molar-refractivity contribution in [1.82, 2.24) is 5.32 Å². The fourth-order valence-corrected chi connectivity index (χ4v) is 2.25. The molecule has 0 bridgehead atoms. The van der Waals surface area contributed by atoms with Crippen molar-refractivity contribution in [1.29, 1.82) is 0 Å². The van der Waals surface area contributed by atoms with Gasteiger partial charge in [0, 0.05) is 17.6 Å². The van der Waals surface area contributed by atoms with Crippen LogP contribution in [0.15, 0.2) is 24.3 Å². The molecule has 1 aromatic rings. The Balaban J connectivity index is 2.86. The van der Waals surface area contributed by atoms with Gasteiger partial charge in [-0.15, -0.1) is 0 Å². The van der Waals surface area contributed by atoms with Crippen LogP contribution in [0.1, 0.15) is 65.0 Å². The zero-order chi connectivity index (χ0) is 14.1. The van der Waals surface area contributed by atoms with Gasteiger partial charge < -0.3 is 10.1 Å². The Bertz CT molecular complexity index is 349. The maximum Gasteiger partial charge on any atom is 0.124 e. The number of nitrogens with one attached hydrogen (secondary N) is 1. The minimum atomic E-state index is 0.396. The average Bonchev–Trinajstić information content (AvgIpc) is 2.41. The average molecular weight is 263 g/mol. The quantitative estimate of drug-likeness (QED) is 0.697. The standard InChI is InChI=1S/C17H29NO/c1-5-7-11-16(18-14(3)4)15-10-8-9-12-17(15)19-13-6-2/h8-10,12,14,16,18H,5-7,11,13H2,1-4H3. The van der Waals surface area contributed by atoms with E-state index < -0.39 is 0 Å². The van der Waals surface area contributed by atoms with E-state index in [9.17, 15) is 0 Å². The first-order valence-electron chi connectivity index (χ1n) is 7.66. The molecule has 0 aliphatic rings. The summed E-state index contributed by atoms with van der Waals surface area (Å²) in [4.78, 5) is 0. The Morgan fingerprint density at radius 3 is 2.47 bits per heavy atom. The molecule has 0 radical (unpaired) electrons. The maximum atomic E-state index is 5.89. The van der Waals surface area contributed by atoms with E-state index in [2.05, 4.69) is 57.3 Å². The van der Waals surface area contributed by atoms with Gasteiger partial charge in [-0.1, -0.05) is 58.7 Å². The van der Waals surface area contributed by atoms with E-state index >= 15 is 0 Å². The minimum absolute atomic E-state index is 0.396. The SMILES string of the molecule is CCCCC(NC(C)C)c1ccccc1OCCC. The number of hydrogen-bond donors (Lipinski definition) is 1. The first-order valence-corrected chi connectivity index (χ1v) is 7.66. The summed E-state index contributed by atoms with van der Waals surface area (Å²) in [7, 11) is 0. The Hall–Kier alpha value is -1.02. The molecule has 1 aromatic carbocycles. The van der Waals surface area contributed by atoms with Crippen molar-refractivity contribution in [2.75, 3.05) is 6.61 Å². The van der Waals surface area contributed by atoms with Crippen LogP contribution < -0.4 is 10.1 Å². The summed E-state index contributed by atoms with van der Waals surface area (Å²) in [6, 6.07) is 9.33. The van der Waals surface area contributed by atoms with E-state index in [1.807, 2.05) is 0 Å². The van der Waals surface area contributed by atoms with E-state index in [-0.39, 0.29) is 0 Å². The van der Waals surface area contributed by atoms with E-state index in [0.717, 1.165) is 18.8 Å². The fourth-order valence-electron chi connectivity index (χ4n) is 2.25. The van der Waals surface area contributed by atoms with E-state index in [4.69, 9.17) is 4.74 Å². The van der Waals surface area contributed by atoms with Crippen molar-refractivity contribution in [3.63, 3.8) is 0 Å². The highest BCUT2D eigenvalue weighted by Crippen LogP contribution is 2.29. The van der Waals surface area contributed by atoms with Crippen molar-refractivity contribution in [2.45, 2.75) is 65.5 Å². The largest absolute Gasteiger partial charge is 0.493 e. The third-order valence-electron chi connectivity index (χ3n) is 3.14. The van der Waals surface area contributed by atoms with Crippen LogP contribution in [-0.4, -0.2) is 12.6 Å². The number of unbranched alkanes of at least 4 members (excludes halogenated alkanes) is 1. The molecule has 19 heavy (non-hydrogen) atoms. The number of para-hydroxylation sites is 1. The first kappa shape index (κ1) is 16.0. The van der Waals surface area contributed by atoms with Crippen molar-refractivity contribution < 1.29 is 4.74 Å². The molecule has 0 heterocycles. The summed E-state index contributed by atoms with van der Waals surface area (Å²) >= 11 is 0. The predicted molar refractivity (Wildman–Crippen MR) is 82.8 cm³/mol. The Morgan fingerprint density at radius 1 is 1.11 bits per heavy atom. The van der Waals surface area contributed by atoms with Gasteiger partial charge in [0.05, 0.1) is 6.61 Å². The second kappa shape index (κ2) is 8.98. The van der Waals surface area contributed by atoms with Crippen LogP contribution >= 0.6 is 0 Å². The molecule has 1 rings (SSSR count). The molecule has 0 spiro atoms. The first-order chi connectivity index (χ1) is 9.19. The van der Waals surface area contributed by atoms with Crippen molar-refractivity contribution in [3.05, 3.63) is 29.8 Å². The smallest absolute Gasteiger partial charge is 0.124 e. The molecule has 1 N–H and O–H groups in total. The molecule has 1 unspecified atom stereocenters. The van der Waals surface area contributed by atoms with Gasteiger partial charge in [0.15, 0.2) is 0 Å². The molecule has 2 heteroatoms. The van der Waals surface area contributed by atoms with Gasteiger partial charge in [-0.3, -0.25) is 0 Å². The number of rotatable bonds is 9. The van der Waals surface area contributed by atoms with Crippen LogP contribution in [0.25, 0.3) is 0 Å². The third kappa shape index (κ3) is 5.65. The molecule has 0 fully saturated rings. The predicted octanol–water partition coefficient (Wildman–Crippen LogP) is 4.70. The molecule has 0 saturated carbocycles. The monoisotopic (exact) mass is 263 g/mol. The zero-order valence-corrected chi connectivity index (χ0v) is 12.9. The molecule has 0 aromatic heterocycles. The summed E-state index contributed by atoms with van der Waals surface area (Å²) in [5, 5.41) is 3.67. The van der Waals surface area contributed by atoms with Crippen molar-refractivity contribution >= 4 is 0 Å². The Morgan fingerprint density at radius 2 is 1.84 bits per heavy atom. The van der Waals surface area contributed by atoms with Crippen LogP contribution in [0.2, 0.25) is 0 Å². The van der Waals surface area contributed by atoms with Crippen molar-refractivity contribution in [3.8, 4) is 5.75 Å². The van der Waals surface area contributed by atoms with Crippen LogP contribution in [-0.2, 0) is 0 Å². The molecule has 1 atom stereocenters. The van der Waals surface area contributed by atoms with Gasteiger partial charge in [-0.05, 0) is 18.9 Å². The van der Waals surface area contributed by atoms with Crippen molar-refractivity contribution in [2.24, 2.45) is 0 Å². The van der Waals surface area contributed by atoms with Crippen LogP contribution in [0.4, 0.5) is 0 Å². The molecule has 2 nitrogen and oxygen atoms in total. The molecule has 0 amide bonds. The molecular formula is C17H29NO. The summed E-state index contributed by atoms with van der Waals surface area (Å²) in [6.07, 6.45) is 4.69. The second-order valence-corrected chi connectivity index (χ2v) is 5.40. The van der Waals surface area contributed by atoms with E-state index in [1.165, 1.54) is 24.8 Å². The fraction of sp³-hybridized carbons (Fsp3) is 0.647. The van der Waals surface area contributed by atoms with Gasteiger partial charge in [0.25, 0.3) is 0 Å². The topological polar surface area (TPSA) is 21.3 Å². The van der Waals surface area contributed by atoms with Gasteiger partial charge in [-0.2, -0.15) is 0 Å². The summed E-state index contributed by atoms with van der Waals surface area (Å²) in [5.41, 5.74) is 1.30. The number of ether oxygens (including phenoxy) is 1. The van der Waals surface area contributed by atoms with Crippen LogP contribution in [0, 0.1) is 0 Å². The lowest BCUT2D eigenvalue weighted by Gasteiger charge is -2.24. The molecule has 0 aliphatic heterocycles. The highest BCUT2D eigenvalue weighted by molar-refractivity contribution is 5.36. The lowest BCUT2D eigenvalue weighted by atomic mass is 9.99. The highest BCUT2D eigenvalue weighted by Gasteiger charge is 2.16. The molecular weight excluding hydrogens is 234 g/mol. The zero-order valence-electron chi connectivity index (χ0n) is 12.9. The van der Waals surface area contributed by atoms with Gasteiger partial charge in [0.2, 0.25) is 0 Å². The molecule has 0 aliphatic carbocycles. The molecule has 0 saturated heterocycles. The maximum absolute atomic E-state index is 5.89. The van der Waals surface area contributed by atoms with Crippen LogP contribution in [0.5, 0.6) is 5.75 Å². The lowest BCUT2D eigenvalue weighted by Crippen LogP contribution is -2.28. The summed E-state index contributed by atoms with van der Waals surface area (Å²) in [6.45, 7) is 9.58. The molecule has 108 valence electrons. The summed E-state index contributed by atoms with van der Waals surface area (Å²) in [5.74, 6) is 1.04. The lowest BCUT2D eigenvalue weighted by molar-refractivity contribution is 0.307. The summed E-state index contributed by atoms with van der Waals surface area (Å²) < 4.78 is 5.89. The number of benzene rings is 1. The normalized spacial score (nSPS) is 12.7. The van der Waals surface area contributed by atoms with Gasteiger partial charge in [0.1, 0.15) is 5.75 Å². The highest BCUT2D eigenvalue weighted by atomic mass is 16.5. The van der Waals surface area contributed by atoms with Gasteiger partial charge in [-0.25, -0.2) is 0 Å². The van der Waals surface area contributed by atoms with Gasteiger partial charge >= 0.3 is 0 Å². The third-order valence-corrected chi connectivity index (χ3v) is 3.14. The Labute approximate surface area is 118 Å². The van der Waals surface area contributed by atoms with E-state index in [0.29, 0.717) is 12.1 Å². The van der Waals surface area contributed by atoms with Crippen LogP contribution in [0.3, 0.4) is 0 Å². The van der Waals surface area contributed by atoms with E-state index in [1.54, 1.807) is 0 Å². The second-order valence-electron chi connectivity index (χ2n) is 5.40. The minimum Gasteiger partial charge on any atom is -0.493 e. The Kier molecular flexibility index (Phi) is 7.57.